The van der Waals surface area contributed by atoms with Gasteiger partial charge in [0.25, 0.3) is 0 Å². The summed E-state index contributed by atoms with van der Waals surface area (Å²) >= 11 is 0. The first-order valence-corrected chi connectivity index (χ1v) is 3.41. The highest BCUT2D eigenvalue weighted by Gasteiger charge is 2.13. The fraction of sp³-hybridized carbons (Fsp3) is 0.500. The Labute approximate surface area is 48.9 Å². The highest BCUT2D eigenvalue weighted by Crippen LogP contribution is 2.37. The van der Waals surface area contributed by atoms with Crippen molar-refractivity contribution in [1.82, 2.24) is 0 Å². The maximum Gasteiger partial charge on any atom is 0.394 e. The average molecular weight is 134 g/mol. The minimum atomic E-state index is -1.62. The first-order chi connectivity index (χ1) is 3.79. The molecule has 0 aromatic rings. The summed E-state index contributed by atoms with van der Waals surface area (Å²) in [6, 6.07) is 0. The molecule has 46 valence electrons. The van der Waals surface area contributed by atoms with Crippen molar-refractivity contribution in [3.63, 3.8) is 0 Å². The van der Waals surface area contributed by atoms with Gasteiger partial charge in [-0.3, -0.25) is 4.52 Å². The molecule has 0 amide bonds. The molecule has 0 bridgehead atoms. The van der Waals surface area contributed by atoms with Crippen molar-refractivity contribution < 1.29 is 13.9 Å². The summed E-state index contributed by atoms with van der Waals surface area (Å²) in [4.78, 5) is 8.65. The predicted molar refractivity (Wildman–Crippen MR) is 29.9 cm³/mol. The van der Waals surface area contributed by atoms with E-state index in [1.54, 1.807) is 6.08 Å². The van der Waals surface area contributed by atoms with E-state index in [1.807, 2.05) is 6.92 Å². The third kappa shape index (κ3) is 1.44. The van der Waals surface area contributed by atoms with Gasteiger partial charge in [0.2, 0.25) is 0 Å². The minimum Gasteiger partial charge on any atom is -0.435 e. The van der Waals surface area contributed by atoms with Gasteiger partial charge in [0.15, 0.2) is 0 Å². The smallest absolute Gasteiger partial charge is 0.394 e. The Hall–Kier alpha value is -0.110. The van der Waals surface area contributed by atoms with Gasteiger partial charge in [-0.15, -0.1) is 0 Å². The maximum atomic E-state index is 8.65. The van der Waals surface area contributed by atoms with Crippen molar-refractivity contribution in [2.75, 3.05) is 0 Å². The Bertz CT molecular complexity index is 103. The van der Waals surface area contributed by atoms with E-state index in [0.717, 1.165) is 0 Å². The Morgan fingerprint density at radius 1 is 1.75 bits per heavy atom. The van der Waals surface area contributed by atoms with Crippen LogP contribution in [-0.4, -0.2) is 11.0 Å². The van der Waals surface area contributed by atoms with Gasteiger partial charge < -0.3 is 9.42 Å². The lowest BCUT2D eigenvalue weighted by Crippen LogP contribution is -2.04. The summed E-state index contributed by atoms with van der Waals surface area (Å²) in [5, 5.41) is 0. The van der Waals surface area contributed by atoms with Crippen LogP contribution >= 0.6 is 8.60 Å². The molecule has 2 unspecified atom stereocenters. The molecule has 0 spiro atoms. The van der Waals surface area contributed by atoms with Crippen molar-refractivity contribution in [2.45, 2.75) is 13.0 Å². The quantitative estimate of drug-likeness (QED) is 0.505. The molecule has 3 nitrogen and oxygen atoms in total. The molecule has 0 aromatic heterocycles. The largest absolute Gasteiger partial charge is 0.435 e. The summed E-state index contributed by atoms with van der Waals surface area (Å²) in [5.41, 5.74) is 0. The second-order valence-electron chi connectivity index (χ2n) is 1.48. The Kier molecular flexibility index (Phi) is 1.84. The van der Waals surface area contributed by atoms with Crippen LogP contribution < -0.4 is 0 Å². The number of hydrogen-bond donors (Lipinski definition) is 1. The molecule has 4 heteroatoms. The van der Waals surface area contributed by atoms with Crippen LogP contribution in [0.3, 0.4) is 0 Å². The van der Waals surface area contributed by atoms with Gasteiger partial charge >= 0.3 is 8.60 Å². The van der Waals surface area contributed by atoms with Crippen LogP contribution in [0, 0.1) is 0 Å². The van der Waals surface area contributed by atoms with E-state index in [1.165, 1.54) is 6.26 Å². The van der Waals surface area contributed by atoms with E-state index in [4.69, 9.17) is 9.42 Å². The summed E-state index contributed by atoms with van der Waals surface area (Å²) < 4.78 is 9.36. The van der Waals surface area contributed by atoms with E-state index < -0.39 is 8.60 Å². The van der Waals surface area contributed by atoms with E-state index in [2.05, 4.69) is 4.52 Å². The molecule has 1 heterocycles. The maximum absolute atomic E-state index is 8.65. The second kappa shape index (κ2) is 2.44. The van der Waals surface area contributed by atoms with Crippen LogP contribution in [0.1, 0.15) is 6.92 Å². The van der Waals surface area contributed by atoms with Crippen LogP contribution in [0.25, 0.3) is 0 Å². The molecule has 1 aliphatic heterocycles. The van der Waals surface area contributed by atoms with E-state index in [0.29, 0.717) is 0 Å². The molecule has 0 saturated carbocycles. The molecular weight excluding hydrogens is 127 g/mol. The molecule has 8 heavy (non-hydrogen) atoms. The van der Waals surface area contributed by atoms with Gasteiger partial charge in [0.05, 0.1) is 12.4 Å². The minimum absolute atomic E-state index is 0.0140. The van der Waals surface area contributed by atoms with Gasteiger partial charge in [-0.25, -0.2) is 0 Å². The molecule has 1 N–H and O–H groups in total. The molecule has 0 saturated heterocycles. The highest BCUT2D eigenvalue weighted by molar-refractivity contribution is 7.40. The van der Waals surface area contributed by atoms with Crippen LogP contribution in [0.2, 0.25) is 0 Å². The zero-order valence-corrected chi connectivity index (χ0v) is 5.34. The monoisotopic (exact) mass is 134 g/mol. The Morgan fingerprint density at radius 3 is 2.88 bits per heavy atom. The SMILES string of the molecule is CC1C=COP(O)O1. The lowest BCUT2D eigenvalue weighted by Gasteiger charge is -2.16. The van der Waals surface area contributed by atoms with Crippen molar-refractivity contribution in [3.8, 4) is 0 Å². The first-order valence-electron chi connectivity index (χ1n) is 2.28. The Morgan fingerprint density at radius 2 is 2.50 bits per heavy atom. The van der Waals surface area contributed by atoms with Crippen molar-refractivity contribution in [3.05, 3.63) is 12.3 Å². The van der Waals surface area contributed by atoms with E-state index >= 15 is 0 Å². The highest BCUT2D eigenvalue weighted by atomic mass is 31.2. The lowest BCUT2D eigenvalue weighted by molar-refractivity contribution is 0.193. The fourth-order valence-corrected chi connectivity index (χ4v) is 0.979. The van der Waals surface area contributed by atoms with E-state index in [9.17, 15) is 0 Å². The molecule has 0 aliphatic carbocycles. The third-order valence-electron chi connectivity index (χ3n) is 0.757. The number of hydrogen-bond acceptors (Lipinski definition) is 3. The molecule has 1 aliphatic rings. The first kappa shape index (κ1) is 6.02. The second-order valence-corrected chi connectivity index (χ2v) is 2.38. The van der Waals surface area contributed by atoms with Crippen molar-refractivity contribution in [2.24, 2.45) is 0 Å². The molecule has 0 aromatic carbocycles. The summed E-state index contributed by atoms with van der Waals surface area (Å²) in [6.45, 7) is 1.84. The van der Waals surface area contributed by atoms with Crippen LogP contribution in [0.4, 0.5) is 0 Å². The Balaban J connectivity index is 2.42. The zero-order valence-electron chi connectivity index (χ0n) is 4.44. The molecule has 0 fully saturated rings. The van der Waals surface area contributed by atoms with Gasteiger partial charge in [-0.05, 0) is 13.0 Å². The predicted octanol–water partition coefficient (Wildman–Crippen LogP) is 1.15. The van der Waals surface area contributed by atoms with Crippen molar-refractivity contribution in [1.29, 1.82) is 0 Å². The summed E-state index contributed by atoms with van der Waals surface area (Å²) in [5.74, 6) is 0. The molecule has 2 atom stereocenters. The average Bonchev–Trinajstić information content (AvgIpc) is 1.64. The normalized spacial score (nSPS) is 36.8. The standard InChI is InChI=1S/C4H7O3P/c1-4-2-3-6-8(5)7-4/h2-5H,1H3. The third-order valence-corrected chi connectivity index (χ3v) is 1.57. The van der Waals surface area contributed by atoms with Crippen LogP contribution in [0.15, 0.2) is 12.3 Å². The van der Waals surface area contributed by atoms with Gasteiger partial charge in [-0.1, -0.05) is 0 Å². The van der Waals surface area contributed by atoms with Gasteiger partial charge in [0.1, 0.15) is 0 Å². The molecule has 1 rings (SSSR count). The van der Waals surface area contributed by atoms with Crippen LogP contribution in [-0.2, 0) is 9.05 Å². The van der Waals surface area contributed by atoms with E-state index in [-0.39, 0.29) is 6.10 Å². The van der Waals surface area contributed by atoms with Gasteiger partial charge in [0, 0.05) is 0 Å². The molecule has 0 radical (unpaired) electrons. The fourth-order valence-electron chi connectivity index (χ4n) is 0.400. The van der Waals surface area contributed by atoms with Crippen LogP contribution in [0.5, 0.6) is 0 Å². The lowest BCUT2D eigenvalue weighted by atomic mass is 10.4. The summed E-state index contributed by atoms with van der Waals surface area (Å²) in [6.07, 6.45) is 3.18. The number of rotatable bonds is 0. The molecular formula is C4H7O3P. The summed E-state index contributed by atoms with van der Waals surface area (Å²) in [7, 11) is -1.62. The van der Waals surface area contributed by atoms with Gasteiger partial charge in [-0.2, -0.15) is 0 Å². The topological polar surface area (TPSA) is 38.7 Å². The van der Waals surface area contributed by atoms with Crippen molar-refractivity contribution >= 4 is 8.60 Å². The zero-order chi connectivity index (χ0) is 5.98.